The molecule has 0 radical (unpaired) electrons. The van der Waals surface area contributed by atoms with Gasteiger partial charge in [-0.3, -0.25) is 4.98 Å². The molecule has 2 amide bonds. The van der Waals surface area contributed by atoms with Crippen molar-refractivity contribution in [1.82, 2.24) is 20.4 Å². The molecule has 0 aromatic carbocycles. The number of nitrogens with zero attached hydrogens (tertiary/aromatic N) is 3. The lowest BCUT2D eigenvalue weighted by molar-refractivity contribution is 0.145. The highest BCUT2D eigenvalue weighted by atomic mass is 16.5. The fourth-order valence-electron chi connectivity index (χ4n) is 2.10. The summed E-state index contributed by atoms with van der Waals surface area (Å²) >= 11 is 0. The zero-order valence-electron chi connectivity index (χ0n) is 14.4. The van der Waals surface area contributed by atoms with Gasteiger partial charge in [0.25, 0.3) is 0 Å². The maximum atomic E-state index is 12.4. The van der Waals surface area contributed by atoms with E-state index in [1.165, 1.54) is 0 Å². The zero-order valence-corrected chi connectivity index (χ0v) is 14.4. The summed E-state index contributed by atoms with van der Waals surface area (Å²) in [5.74, 6) is 1.08. The molecule has 0 aliphatic carbocycles. The largest absolute Gasteiger partial charge is 0.383 e. The van der Waals surface area contributed by atoms with E-state index in [0.29, 0.717) is 31.9 Å². The molecule has 130 valence electrons. The first-order valence-electron chi connectivity index (χ1n) is 7.97. The van der Waals surface area contributed by atoms with E-state index in [0.717, 1.165) is 11.5 Å². The Morgan fingerprint density at radius 1 is 1.38 bits per heavy atom. The summed E-state index contributed by atoms with van der Waals surface area (Å²) < 4.78 is 10.3. The van der Waals surface area contributed by atoms with Gasteiger partial charge in [-0.25, -0.2) is 4.79 Å². The van der Waals surface area contributed by atoms with Crippen LogP contribution in [0.3, 0.4) is 0 Å². The number of rotatable bonds is 8. The third-order valence-corrected chi connectivity index (χ3v) is 3.50. The Morgan fingerprint density at radius 3 is 2.83 bits per heavy atom. The van der Waals surface area contributed by atoms with Gasteiger partial charge in [0, 0.05) is 31.8 Å². The van der Waals surface area contributed by atoms with Crippen molar-refractivity contribution in [2.45, 2.75) is 32.9 Å². The molecule has 2 aromatic heterocycles. The maximum Gasteiger partial charge on any atom is 0.318 e. The predicted molar refractivity (Wildman–Crippen MR) is 89.4 cm³/mol. The number of amides is 2. The summed E-state index contributed by atoms with van der Waals surface area (Å²) in [5.41, 5.74) is 1.53. The number of aromatic nitrogens is 2. The second kappa shape index (κ2) is 9.02. The molecule has 0 aliphatic rings. The Labute approximate surface area is 142 Å². The molecular formula is C17H24N4O3. The summed E-state index contributed by atoms with van der Waals surface area (Å²) in [4.78, 5) is 18.4. The second-order valence-electron chi connectivity index (χ2n) is 5.77. The Bertz CT molecular complexity index is 628. The fourth-order valence-corrected chi connectivity index (χ4v) is 2.10. The minimum absolute atomic E-state index is 0.188. The molecule has 2 rings (SSSR count). The fraction of sp³-hybridized carbons (Fsp3) is 0.471. The molecule has 0 atom stereocenters. The molecule has 0 fully saturated rings. The highest BCUT2D eigenvalue weighted by Gasteiger charge is 2.15. The third-order valence-electron chi connectivity index (χ3n) is 3.50. The van der Waals surface area contributed by atoms with Crippen molar-refractivity contribution < 1.29 is 14.1 Å². The zero-order chi connectivity index (χ0) is 17.4. The van der Waals surface area contributed by atoms with Gasteiger partial charge in [0.15, 0.2) is 0 Å². The average Bonchev–Trinajstić information content (AvgIpc) is 3.06. The molecule has 0 saturated heterocycles. The van der Waals surface area contributed by atoms with E-state index in [1.54, 1.807) is 18.2 Å². The minimum Gasteiger partial charge on any atom is -0.383 e. The van der Waals surface area contributed by atoms with Crippen LogP contribution in [0, 0.1) is 0 Å². The molecule has 0 bridgehead atoms. The third kappa shape index (κ3) is 5.34. The van der Waals surface area contributed by atoms with E-state index in [1.807, 2.05) is 38.1 Å². The quantitative estimate of drug-likeness (QED) is 0.803. The number of ether oxygens (including phenoxy) is 1. The lowest BCUT2D eigenvalue weighted by Crippen LogP contribution is -2.41. The van der Waals surface area contributed by atoms with Crippen LogP contribution < -0.4 is 5.32 Å². The van der Waals surface area contributed by atoms with Crippen LogP contribution in [0.15, 0.2) is 35.0 Å². The van der Waals surface area contributed by atoms with Gasteiger partial charge in [-0.05, 0) is 12.1 Å². The van der Waals surface area contributed by atoms with E-state index in [-0.39, 0.29) is 11.9 Å². The molecule has 0 saturated carbocycles. The molecule has 2 aromatic rings. The van der Waals surface area contributed by atoms with Gasteiger partial charge >= 0.3 is 6.03 Å². The Morgan fingerprint density at radius 2 is 2.21 bits per heavy atom. The van der Waals surface area contributed by atoms with Gasteiger partial charge in [0.2, 0.25) is 0 Å². The first kappa shape index (κ1) is 17.9. The molecule has 7 nitrogen and oxygen atoms in total. The number of carbonyl (C=O) groups excluding carboxylic acids is 1. The van der Waals surface area contributed by atoms with Crippen molar-refractivity contribution in [3.05, 3.63) is 47.6 Å². The smallest absolute Gasteiger partial charge is 0.318 e. The van der Waals surface area contributed by atoms with E-state index in [4.69, 9.17) is 9.26 Å². The number of pyridine rings is 1. The van der Waals surface area contributed by atoms with E-state index >= 15 is 0 Å². The van der Waals surface area contributed by atoms with Crippen molar-refractivity contribution in [2.75, 3.05) is 20.3 Å². The Hall–Kier alpha value is -2.41. The van der Waals surface area contributed by atoms with E-state index in [2.05, 4.69) is 15.5 Å². The van der Waals surface area contributed by atoms with Crippen LogP contribution in [0.2, 0.25) is 0 Å². The molecule has 2 heterocycles. The van der Waals surface area contributed by atoms with Gasteiger partial charge in [0.05, 0.1) is 25.4 Å². The van der Waals surface area contributed by atoms with Gasteiger partial charge in [-0.2, -0.15) is 0 Å². The standard InChI is InChI=1S/C17H24N4O3/c1-13(2)16-10-15(20-24-16)11-19-17(22)21(8-9-23-3)12-14-6-4-5-7-18-14/h4-7,10,13H,8-9,11-12H2,1-3H3,(H,19,22). The van der Waals surface area contributed by atoms with Gasteiger partial charge in [-0.1, -0.05) is 25.1 Å². The Kier molecular flexibility index (Phi) is 6.74. The van der Waals surface area contributed by atoms with Crippen LogP contribution >= 0.6 is 0 Å². The Balaban J connectivity index is 1.93. The SMILES string of the molecule is COCCN(Cc1ccccn1)C(=O)NCc1cc(C(C)C)on1. The van der Waals surface area contributed by atoms with Gasteiger partial charge in [0.1, 0.15) is 11.5 Å². The first-order valence-corrected chi connectivity index (χ1v) is 7.97. The summed E-state index contributed by atoms with van der Waals surface area (Å²) in [6.45, 7) is 5.74. The topological polar surface area (TPSA) is 80.5 Å². The van der Waals surface area contributed by atoms with Crippen molar-refractivity contribution in [1.29, 1.82) is 0 Å². The molecule has 7 heteroatoms. The second-order valence-corrected chi connectivity index (χ2v) is 5.77. The highest BCUT2D eigenvalue weighted by molar-refractivity contribution is 5.74. The lowest BCUT2D eigenvalue weighted by Gasteiger charge is -2.22. The highest BCUT2D eigenvalue weighted by Crippen LogP contribution is 2.14. The summed E-state index contributed by atoms with van der Waals surface area (Å²) in [6.07, 6.45) is 1.71. The number of nitrogens with one attached hydrogen (secondary N) is 1. The van der Waals surface area contributed by atoms with E-state index in [9.17, 15) is 4.79 Å². The normalized spacial score (nSPS) is 10.8. The number of carbonyl (C=O) groups is 1. The summed E-state index contributed by atoms with van der Waals surface area (Å²) in [5, 5.41) is 6.83. The number of hydrogen-bond acceptors (Lipinski definition) is 5. The number of hydrogen-bond donors (Lipinski definition) is 1. The number of methoxy groups -OCH3 is 1. The average molecular weight is 332 g/mol. The first-order chi connectivity index (χ1) is 11.6. The van der Waals surface area contributed by atoms with Crippen LogP contribution in [0.1, 0.15) is 36.9 Å². The van der Waals surface area contributed by atoms with Crippen LogP contribution in [0.5, 0.6) is 0 Å². The maximum absolute atomic E-state index is 12.4. The molecule has 24 heavy (non-hydrogen) atoms. The molecule has 0 spiro atoms. The van der Waals surface area contributed by atoms with Crippen molar-refractivity contribution >= 4 is 6.03 Å². The minimum atomic E-state index is -0.188. The van der Waals surface area contributed by atoms with Gasteiger partial charge in [-0.15, -0.1) is 0 Å². The van der Waals surface area contributed by atoms with Crippen molar-refractivity contribution in [3.8, 4) is 0 Å². The van der Waals surface area contributed by atoms with Crippen LogP contribution in [-0.2, 0) is 17.8 Å². The molecular weight excluding hydrogens is 308 g/mol. The monoisotopic (exact) mass is 332 g/mol. The van der Waals surface area contributed by atoms with Crippen molar-refractivity contribution in [3.63, 3.8) is 0 Å². The number of urea groups is 1. The molecule has 1 N–H and O–H groups in total. The summed E-state index contributed by atoms with van der Waals surface area (Å²) in [6, 6.07) is 7.31. The van der Waals surface area contributed by atoms with Crippen LogP contribution in [0.25, 0.3) is 0 Å². The van der Waals surface area contributed by atoms with Crippen molar-refractivity contribution in [2.24, 2.45) is 0 Å². The summed E-state index contributed by atoms with van der Waals surface area (Å²) in [7, 11) is 1.61. The van der Waals surface area contributed by atoms with Crippen LogP contribution in [0.4, 0.5) is 4.79 Å². The predicted octanol–water partition coefficient (Wildman–Crippen LogP) is 2.55. The molecule has 0 unspecified atom stereocenters. The van der Waals surface area contributed by atoms with Crippen LogP contribution in [-0.4, -0.2) is 41.3 Å². The molecule has 0 aliphatic heterocycles. The van der Waals surface area contributed by atoms with Gasteiger partial charge < -0.3 is 19.5 Å². The van der Waals surface area contributed by atoms with E-state index < -0.39 is 0 Å². The lowest BCUT2D eigenvalue weighted by atomic mass is 10.1.